The Labute approximate surface area is 117 Å². The minimum Gasteiger partial charge on any atom is -0.496 e. The standard InChI is InChI=1S/C15H16N2O3/c1-9-8-10(4-7-13(9)20-3)12-6-5-11(15(18)19)14(16-2)17-12/h4-8H,1-3H3,(H,16,17)(H,18,19). The second-order valence-corrected chi connectivity index (χ2v) is 4.33. The molecule has 0 radical (unpaired) electrons. The summed E-state index contributed by atoms with van der Waals surface area (Å²) in [5, 5.41) is 11.9. The number of benzene rings is 1. The number of ether oxygens (including phenoxy) is 1. The van der Waals surface area contributed by atoms with E-state index in [4.69, 9.17) is 9.84 Å². The lowest BCUT2D eigenvalue weighted by Gasteiger charge is -2.10. The number of nitrogens with zero attached hydrogens (tertiary/aromatic N) is 1. The van der Waals surface area contributed by atoms with Crippen molar-refractivity contribution in [3.8, 4) is 17.0 Å². The summed E-state index contributed by atoms with van der Waals surface area (Å²) >= 11 is 0. The van der Waals surface area contributed by atoms with Gasteiger partial charge < -0.3 is 15.2 Å². The zero-order valence-electron chi connectivity index (χ0n) is 11.6. The Bertz CT molecular complexity index is 654. The molecule has 0 bridgehead atoms. The number of nitrogens with one attached hydrogen (secondary N) is 1. The highest BCUT2D eigenvalue weighted by Crippen LogP contribution is 2.26. The Hall–Kier alpha value is -2.56. The number of aryl methyl sites for hydroxylation is 1. The van der Waals surface area contributed by atoms with Crippen LogP contribution in [0.2, 0.25) is 0 Å². The third kappa shape index (κ3) is 2.56. The van der Waals surface area contributed by atoms with Crippen molar-refractivity contribution in [3.63, 3.8) is 0 Å². The molecule has 20 heavy (non-hydrogen) atoms. The molecular formula is C15H16N2O3. The van der Waals surface area contributed by atoms with Gasteiger partial charge in [0.15, 0.2) is 0 Å². The molecular weight excluding hydrogens is 256 g/mol. The van der Waals surface area contributed by atoms with E-state index in [9.17, 15) is 4.79 Å². The van der Waals surface area contributed by atoms with Crippen LogP contribution >= 0.6 is 0 Å². The molecule has 5 heteroatoms. The monoisotopic (exact) mass is 272 g/mol. The van der Waals surface area contributed by atoms with Crippen LogP contribution in [0.4, 0.5) is 5.82 Å². The maximum Gasteiger partial charge on any atom is 0.339 e. The van der Waals surface area contributed by atoms with Crippen LogP contribution in [0.5, 0.6) is 5.75 Å². The predicted octanol–water partition coefficient (Wildman–Crippen LogP) is 2.81. The number of hydrogen-bond donors (Lipinski definition) is 2. The van der Waals surface area contributed by atoms with Crippen LogP contribution in [-0.2, 0) is 0 Å². The summed E-state index contributed by atoms with van der Waals surface area (Å²) in [6.07, 6.45) is 0. The van der Waals surface area contributed by atoms with Gasteiger partial charge in [-0.1, -0.05) is 0 Å². The van der Waals surface area contributed by atoms with E-state index in [1.54, 1.807) is 26.3 Å². The Balaban J connectivity index is 2.48. The maximum atomic E-state index is 11.1. The molecule has 0 aliphatic carbocycles. The quantitative estimate of drug-likeness (QED) is 0.895. The molecule has 0 amide bonds. The van der Waals surface area contributed by atoms with Crippen molar-refractivity contribution < 1.29 is 14.6 Å². The second-order valence-electron chi connectivity index (χ2n) is 4.33. The summed E-state index contributed by atoms with van der Waals surface area (Å²) in [5.74, 6) is 0.160. The summed E-state index contributed by atoms with van der Waals surface area (Å²) in [4.78, 5) is 15.4. The lowest BCUT2D eigenvalue weighted by Crippen LogP contribution is -2.05. The SMILES string of the molecule is CNc1nc(-c2ccc(OC)c(C)c2)ccc1C(=O)O. The topological polar surface area (TPSA) is 71.5 Å². The van der Waals surface area contributed by atoms with Crippen LogP contribution in [0.25, 0.3) is 11.3 Å². The van der Waals surface area contributed by atoms with Crippen molar-refractivity contribution in [3.05, 3.63) is 41.5 Å². The van der Waals surface area contributed by atoms with E-state index in [0.29, 0.717) is 11.5 Å². The molecule has 0 spiro atoms. The van der Waals surface area contributed by atoms with E-state index in [0.717, 1.165) is 16.9 Å². The highest BCUT2D eigenvalue weighted by molar-refractivity contribution is 5.93. The van der Waals surface area contributed by atoms with Gasteiger partial charge in [0, 0.05) is 12.6 Å². The van der Waals surface area contributed by atoms with Crippen LogP contribution in [0.3, 0.4) is 0 Å². The molecule has 0 atom stereocenters. The average Bonchev–Trinajstić information content (AvgIpc) is 2.46. The number of carboxylic acid groups (broad SMARTS) is 1. The summed E-state index contributed by atoms with van der Waals surface area (Å²) in [7, 11) is 3.28. The first kappa shape index (κ1) is 13.9. The molecule has 0 saturated carbocycles. The smallest absolute Gasteiger partial charge is 0.339 e. The van der Waals surface area contributed by atoms with Crippen molar-refractivity contribution in [1.82, 2.24) is 4.98 Å². The van der Waals surface area contributed by atoms with Gasteiger partial charge >= 0.3 is 5.97 Å². The van der Waals surface area contributed by atoms with Crippen LogP contribution in [-0.4, -0.2) is 30.2 Å². The molecule has 5 nitrogen and oxygen atoms in total. The number of methoxy groups -OCH3 is 1. The van der Waals surface area contributed by atoms with Crippen molar-refractivity contribution in [2.75, 3.05) is 19.5 Å². The fourth-order valence-electron chi connectivity index (χ4n) is 2.02. The Morgan fingerprint density at radius 1 is 1.30 bits per heavy atom. The largest absolute Gasteiger partial charge is 0.496 e. The lowest BCUT2D eigenvalue weighted by molar-refractivity contribution is 0.0697. The maximum absolute atomic E-state index is 11.1. The van der Waals surface area contributed by atoms with E-state index in [1.807, 2.05) is 25.1 Å². The molecule has 2 rings (SSSR count). The van der Waals surface area contributed by atoms with Crippen LogP contribution in [0.15, 0.2) is 30.3 Å². The molecule has 2 N–H and O–H groups in total. The summed E-state index contributed by atoms with van der Waals surface area (Å²) in [6.45, 7) is 1.95. The minimum absolute atomic E-state index is 0.154. The Morgan fingerprint density at radius 3 is 2.60 bits per heavy atom. The third-order valence-corrected chi connectivity index (χ3v) is 3.05. The number of anilines is 1. The summed E-state index contributed by atoms with van der Waals surface area (Å²) < 4.78 is 5.22. The van der Waals surface area contributed by atoms with Crippen molar-refractivity contribution in [2.45, 2.75) is 6.92 Å². The van der Waals surface area contributed by atoms with E-state index in [2.05, 4.69) is 10.3 Å². The van der Waals surface area contributed by atoms with Crippen LogP contribution in [0, 0.1) is 6.92 Å². The fourth-order valence-corrected chi connectivity index (χ4v) is 2.02. The molecule has 1 aromatic carbocycles. The van der Waals surface area contributed by atoms with E-state index in [1.165, 1.54) is 0 Å². The number of carboxylic acids is 1. The number of carbonyl (C=O) groups is 1. The number of hydrogen-bond acceptors (Lipinski definition) is 4. The number of aromatic carboxylic acids is 1. The average molecular weight is 272 g/mol. The van der Waals surface area contributed by atoms with Crippen molar-refractivity contribution in [2.24, 2.45) is 0 Å². The van der Waals surface area contributed by atoms with Gasteiger partial charge in [-0.15, -0.1) is 0 Å². The molecule has 0 saturated heterocycles. The van der Waals surface area contributed by atoms with Gasteiger partial charge in [0.2, 0.25) is 0 Å². The minimum atomic E-state index is -1.00. The number of rotatable bonds is 4. The summed E-state index contributed by atoms with van der Waals surface area (Å²) in [6, 6.07) is 8.98. The fraction of sp³-hybridized carbons (Fsp3) is 0.200. The normalized spacial score (nSPS) is 10.2. The van der Waals surface area contributed by atoms with E-state index in [-0.39, 0.29) is 5.56 Å². The third-order valence-electron chi connectivity index (χ3n) is 3.05. The van der Waals surface area contributed by atoms with Gasteiger partial charge in [0.05, 0.1) is 12.8 Å². The van der Waals surface area contributed by atoms with Gasteiger partial charge in [0.25, 0.3) is 0 Å². The first-order valence-corrected chi connectivity index (χ1v) is 6.14. The van der Waals surface area contributed by atoms with Gasteiger partial charge in [-0.3, -0.25) is 0 Å². The molecule has 0 unspecified atom stereocenters. The van der Waals surface area contributed by atoms with E-state index < -0.39 is 5.97 Å². The molecule has 0 aliphatic rings. The lowest BCUT2D eigenvalue weighted by atomic mass is 10.1. The Morgan fingerprint density at radius 2 is 2.05 bits per heavy atom. The van der Waals surface area contributed by atoms with Gasteiger partial charge in [-0.05, 0) is 42.8 Å². The van der Waals surface area contributed by atoms with Crippen molar-refractivity contribution in [1.29, 1.82) is 0 Å². The van der Waals surface area contributed by atoms with Gasteiger partial charge in [-0.2, -0.15) is 0 Å². The molecule has 0 aliphatic heterocycles. The highest BCUT2D eigenvalue weighted by atomic mass is 16.5. The van der Waals surface area contributed by atoms with Gasteiger partial charge in [0.1, 0.15) is 17.1 Å². The summed E-state index contributed by atoms with van der Waals surface area (Å²) in [5.41, 5.74) is 2.78. The molecule has 0 fully saturated rings. The highest BCUT2D eigenvalue weighted by Gasteiger charge is 2.12. The number of aromatic nitrogens is 1. The van der Waals surface area contributed by atoms with E-state index >= 15 is 0 Å². The number of pyridine rings is 1. The second kappa shape index (κ2) is 5.61. The first-order chi connectivity index (χ1) is 9.56. The molecule has 1 aromatic heterocycles. The molecule has 104 valence electrons. The zero-order valence-corrected chi connectivity index (χ0v) is 11.6. The van der Waals surface area contributed by atoms with Crippen LogP contribution in [0.1, 0.15) is 15.9 Å². The zero-order chi connectivity index (χ0) is 14.7. The molecule has 2 aromatic rings. The van der Waals surface area contributed by atoms with Gasteiger partial charge in [-0.25, -0.2) is 9.78 Å². The Kier molecular flexibility index (Phi) is 3.89. The van der Waals surface area contributed by atoms with Crippen LogP contribution < -0.4 is 10.1 Å². The molecule has 1 heterocycles. The first-order valence-electron chi connectivity index (χ1n) is 6.14. The predicted molar refractivity (Wildman–Crippen MR) is 77.5 cm³/mol. The van der Waals surface area contributed by atoms with Crippen molar-refractivity contribution >= 4 is 11.8 Å².